The van der Waals surface area contributed by atoms with Gasteiger partial charge >= 0.3 is 0 Å². The van der Waals surface area contributed by atoms with Crippen molar-refractivity contribution in [3.8, 4) is 16.8 Å². The molecular formula is C58H38N2O2. The van der Waals surface area contributed by atoms with Crippen LogP contribution in [0.2, 0.25) is 0 Å². The minimum atomic E-state index is 0.239. The SMILES string of the molecule is C1=CCC(c2cccc(-n3c4ccccc4c4c5ccccc5ccc43)c2-c2ccc(N(c3ccc4oc5ccccc5c4c3)c3cccc4oc5ccccc5c34)cc2)C=C1. The molecule has 0 saturated carbocycles. The number of fused-ring (bicyclic) bond motifs is 11. The van der Waals surface area contributed by atoms with Gasteiger partial charge in [-0.1, -0.05) is 140 Å². The van der Waals surface area contributed by atoms with Crippen molar-refractivity contribution < 1.29 is 8.83 Å². The summed E-state index contributed by atoms with van der Waals surface area (Å²) in [6.07, 6.45) is 9.94. The highest BCUT2D eigenvalue weighted by Gasteiger charge is 2.24. The molecule has 3 heterocycles. The molecule has 3 aromatic heterocycles. The van der Waals surface area contributed by atoms with Gasteiger partial charge in [0.25, 0.3) is 0 Å². The topological polar surface area (TPSA) is 34.5 Å². The van der Waals surface area contributed by atoms with Crippen molar-refractivity contribution in [1.82, 2.24) is 4.57 Å². The molecule has 13 rings (SSSR count). The molecule has 1 aliphatic rings. The summed E-state index contributed by atoms with van der Waals surface area (Å²) in [5.41, 5.74) is 13.9. The van der Waals surface area contributed by atoms with Gasteiger partial charge in [-0.3, -0.25) is 0 Å². The van der Waals surface area contributed by atoms with E-state index < -0.39 is 0 Å². The second-order valence-corrected chi connectivity index (χ2v) is 16.3. The van der Waals surface area contributed by atoms with Crippen LogP contribution in [0.1, 0.15) is 17.9 Å². The van der Waals surface area contributed by atoms with Crippen LogP contribution < -0.4 is 4.90 Å². The van der Waals surface area contributed by atoms with E-state index in [1.54, 1.807) is 0 Å². The molecule has 1 unspecified atom stereocenters. The second kappa shape index (κ2) is 13.7. The number of nitrogens with zero attached hydrogens (tertiary/aromatic N) is 2. The molecule has 0 radical (unpaired) electrons. The van der Waals surface area contributed by atoms with Crippen molar-refractivity contribution >= 4 is 93.5 Å². The van der Waals surface area contributed by atoms with Crippen LogP contribution in [0.15, 0.2) is 221 Å². The van der Waals surface area contributed by atoms with Crippen molar-refractivity contribution in [2.75, 3.05) is 4.90 Å². The zero-order valence-corrected chi connectivity index (χ0v) is 33.7. The maximum atomic E-state index is 6.46. The molecule has 0 spiro atoms. The summed E-state index contributed by atoms with van der Waals surface area (Å²) in [5.74, 6) is 0.239. The molecule has 1 aliphatic carbocycles. The number of anilines is 3. The summed E-state index contributed by atoms with van der Waals surface area (Å²) in [6.45, 7) is 0. The van der Waals surface area contributed by atoms with Crippen molar-refractivity contribution in [2.45, 2.75) is 12.3 Å². The fraction of sp³-hybridized carbons (Fsp3) is 0.0345. The number of para-hydroxylation sites is 3. The number of hydrogen-bond donors (Lipinski definition) is 0. The molecule has 0 aliphatic heterocycles. The summed E-state index contributed by atoms with van der Waals surface area (Å²) in [5, 5.41) is 9.39. The lowest BCUT2D eigenvalue weighted by atomic mass is 9.85. The highest BCUT2D eigenvalue weighted by molar-refractivity contribution is 6.21. The summed E-state index contributed by atoms with van der Waals surface area (Å²) in [7, 11) is 0. The van der Waals surface area contributed by atoms with Gasteiger partial charge in [0.1, 0.15) is 22.3 Å². The molecule has 0 saturated heterocycles. The van der Waals surface area contributed by atoms with Crippen LogP contribution in [0, 0.1) is 0 Å². The lowest BCUT2D eigenvalue weighted by Gasteiger charge is -2.27. The predicted octanol–water partition coefficient (Wildman–Crippen LogP) is 16.5. The minimum Gasteiger partial charge on any atom is -0.456 e. The van der Waals surface area contributed by atoms with E-state index in [0.29, 0.717) is 0 Å². The highest BCUT2D eigenvalue weighted by Crippen LogP contribution is 2.47. The maximum absolute atomic E-state index is 6.46. The van der Waals surface area contributed by atoms with Gasteiger partial charge in [-0.15, -0.1) is 0 Å². The molecule has 9 aromatic carbocycles. The smallest absolute Gasteiger partial charge is 0.137 e. The summed E-state index contributed by atoms with van der Waals surface area (Å²) in [4.78, 5) is 2.37. The molecule has 292 valence electrons. The average molecular weight is 795 g/mol. The Bertz CT molecular complexity index is 3800. The van der Waals surface area contributed by atoms with E-state index >= 15 is 0 Å². The van der Waals surface area contributed by atoms with Gasteiger partial charge in [0, 0.05) is 49.8 Å². The molecule has 0 N–H and O–H groups in total. The molecule has 0 bridgehead atoms. The van der Waals surface area contributed by atoms with E-state index in [9.17, 15) is 0 Å². The Kier molecular flexibility index (Phi) is 7.70. The Hall–Kier alpha value is -8.08. The van der Waals surface area contributed by atoms with Crippen LogP contribution in [-0.2, 0) is 0 Å². The molecule has 62 heavy (non-hydrogen) atoms. The van der Waals surface area contributed by atoms with Crippen LogP contribution in [0.25, 0.3) is 93.3 Å². The third-order valence-corrected chi connectivity index (χ3v) is 12.9. The van der Waals surface area contributed by atoms with E-state index in [1.807, 2.05) is 24.3 Å². The zero-order chi connectivity index (χ0) is 40.7. The first-order chi connectivity index (χ1) is 30.8. The lowest BCUT2D eigenvalue weighted by molar-refractivity contribution is 0.668. The number of rotatable bonds is 6. The fourth-order valence-corrected chi connectivity index (χ4v) is 10.2. The van der Waals surface area contributed by atoms with Crippen molar-refractivity contribution in [2.24, 2.45) is 0 Å². The Morgan fingerprint density at radius 2 is 1.16 bits per heavy atom. The van der Waals surface area contributed by atoms with Gasteiger partial charge in [-0.05, 0) is 101 Å². The number of furan rings is 2. The number of benzene rings is 9. The zero-order valence-electron chi connectivity index (χ0n) is 33.7. The van der Waals surface area contributed by atoms with Gasteiger partial charge < -0.3 is 18.3 Å². The summed E-state index contributed by atoms with van der Waals surface area (Å²) in [6, 6.07) is 67.8. The van der Waals surface area contributed by atoms with E-state index in [1.165, 1.54) is 49.4 Å². The maximum Gasteiger partial charge on any atom is 0.137 e. The van der Waals surface area contributed by atoms with Gasteiger partial charge in [-0.2, -0.15) is 0 Å². The molecule has 0 amide bonds. The third kappa shape index (κ3) is 5.26. The first-order valence-electron chi connectivity index (χ1n) is 21.4. The van der Waals surface area contributed by atoms with Gasteiger partial charge in [-0.25, -0.2) is 0 Å². The quantitative estimate of drug-likeness (QED) is 0.168. The standard InChI is InChI=1S/C58H38N2O2/c1-2-14-37(15-3-1)42-21-12-23-49(60-48-22-9-6-19-45(48)57-43-17-5-4-16-38(43)30-34-51(57)60)56(42)39-28-31-40(32-29-39)59(41-33-35-54-47(36-41)44-18-7-10-25-52(44)61-54)50-24-13-27-55-58(50)46-20-8-11-26-53(46)62-55/h1-14,16-37H,15H2. The van der Waals surface area contributed by atoms with Crippen LogP contribution >= 0.6 is 0 Å². The Balaban J connectivity index is 1.04. The average Bonchev–Trinajstić information content (AvgIpc) is 4.02. The van der Waals surface area contributed by atoms with Crippen LogP contribution in [-0.4, -0.2) is 4.57 Å². The van der Waals surface area contributed by atoms with Crippen molar-refractivity contribution in [3.05, 3.63) is 218 Å². The van der Waals surface area contributed by atoms with E-state index in [-0.39, 0.29) is 5.92 Å². The monoisotopic (exact) mass is 794 g/mol. The second-order valence-electron chi connectivity index (χ2n) is 16.3. The minimum absolute atomic E-state index is 0.239. The van der Waals surface area contributed by atoms with E-state index in [0.717, 1.165) is 72.9 Å². The molecular weight excluding hydrogens is 757 g/mol. The molecule has 1 atom stereocenters. The lowest BCUT2D eigenvalue weighted by Crippen LogP contribution is -2.10. The first kappa shape index (κ1) is 34.8. The first-order valence-corrected chi connectivity index (χ1v) is 21.4. The van der Waals surface area contributed by atoms with Gasteiger partial charge in [0.15, 0.2) is 0 Å². The van der Waals surface area contributed by atoms with Crippen molar-refractivity contribution in [1.29, 1.82) is 0 Å². The van der Waals surface area contributed by atoms with Crippen LogP contribution in [0.4, 0.5) is 17.1 Å². The number of aromatic nitrogens is 1. The third-order valence-electron chi connectivity index (χ3n) is 12.9. The van der Waals surface area contributed by atoms with E-state index in [2.05, 4.69) is 198 Å². The van der Waals surface area contributed by atoms with Gasteiger partial charge in [0.05, 0.1) is 27.8 Å². The Labute approximate surface area is 357 Å². The van der Waals surface area contributed by atoms with Gasteiger partial charge in [0.2, 0.25) is 0 Å². The van der Waals surface area contributed by atoms with Crippen LogP contribution in [0.5, 0.6) is 0 Å². The number of allylic oxidation sites excluding steroid dienone is 4. The molecule has 12 aromatic rings. The molecule has 4 heteroatoms. The van der Waals surface area contributed by atoms with E-state index in [4.69, 9.17) is 8.83 Å². The van der Waals surface area contributed by atoms with Crippen molar-refractivity contribution in [3.63, 3.8) is 0 Å². The molecule has 4 nitrogen and oxygen atoms in total. The highest BCUT2D eigenvalue weighted by atomic mass is 16.3. The largest absolute Gasteiger partial charge is 0.456 e. The Morgan fingerprint density at radius 1 is 0.468 bits per heavy atom. The number of hydrogen-bond acceptors (Lipinski definition) is 3. The predicted molar refractivity (Wildman–Crippen MR) is 259 cm³/mol. The fourth-order valence-electron chi connectivity index (χ4n) is 10.2. The van der Waals surface area contributed by atoms with Crippen LogP contribution in [0.3, 0.4) is 0 Å². The normalized spacial score (nSPS) is 14.1. The summed E-state index contributed by atoms with van der Waals surface area (Å²) >= 11 is 0. The molecule has 0 fully saturated rings. The Morgan fingerprint density at radius 3 is 2.02 bits per heavy atom. The summed E-state index contributed by atoms with van der Waals surface area (Å²) < 4.78 is 15.3.